The zero-order valence-electron chi connectivity index (χ0n) is 15.7. The van der Waals surface area contributed by atoms with Crippen LogP contribution in [0.3, 0.4) is 0 Å². The van der Waals surface area contributed by atoms with Crippen molar-refractivity contribution in [2.45, 2.75) is 64.5 Å². The molecule has 3 rings (SSSR count). The summed E-state index contributed by atoms with van der Waals surface area (Å²) in [5, 5.41) is 13.4. The summed E-state index contributed by atoms with van der Waals surface area (Å²) < 4.78 is 7.69. The molecule has 0 radical (unpaired) electrons. The van der Waals surface area contributed by atoms with Crippen molar-refractivity contribution in [1.29, 1.82) is 0 Å². The van der Waals surface area contributed by atoms with Crippen LogP contribution in [0, 0.1) is 12.8 Å². The van der Waals surface area contributed by atoms with Gasteiger partial charge in [-0.3, -0.25) is 9.48 Å². The Kier molecular flexibility index (Phi) is 5.96. The lowest BCUT2D eigenvalue weighted by Gasteiger charge is -2.34. The van der Waals surface area contributed by atoms with Gasteiger partial charge in [-0.15, -0.1) is 0 Å². The molecule has 1 saturated heterocycles. The fourth-order valence-electron chi connectivity index (χ4n) is 4.16. The van der Waals surface area contributed by atoms with Crippen LogP contribution in [0.15, 0.2) is 6.20 Å². The van der Waals surface area contributed by atoms with Gasteiger partial charge in [0.05, 0.1) is 24.0 Å². The number of hydrogen-bond donors (Lipinski definition) is 1. The van der Waals surface area contributed by atoms with Crippen LogP contribution in [0.5, 0.6) is 0 Å². The van der Waals surface area contributed by atoms with Gasteiger partial charge in [0.15, 0.2) is 0 Å². The first kappa shape index (κ1) is 18.9. The van der Waals surface area contributed by atoms with Gasteiger partial charge in [0.1, 0.15) is 12.2 Å². The maximum absolute atomic E-state index is 12.5. The Morgan fingerprint density at radius 2 is 1.92 bits per heavy atom. The molecule has 26 heavy (non-hydrogen) atoms. The fourth-order valence-corrected chi connectivity index (χ4v) is 4.16. The fraction of sp³-hybridized carbons (Fsp3) is 0.737. The molecule has 144 valence electrons. The maximum Gasteiger partial charge on any atom is 0.339 e. The highest BCUT2D eigenvalue weighted by molar-refractivity contribution is 5.88. The second-order valence-electron chi connectivity index (χ2n) is 7.62. The monoisotopic (exact) mass is 363 g/mol. The van der Waals surface area contributed by atoms with Gasteiger partial charge in [-0.1, -0.05) is 19.8 Å². The van der Waals surface area contributed by atoms with Gasteiger partial charge in [-0.25, -0.2) is 4.79 Å². The van der Waals surface area contributed by atoms with E-state index >= 15 is 0 Å². The Bertz CT molecular complexity index is 649. The Hall–Kier alpha value is -1.89. The lowest BCUT2D eigenvalue weighted by atomic mass is 9.88. The molecule has 0 spiro atoms. The summed E-state index contributed by atoms with van der Waals surface area (Å²) in [7, 11) is 0. The Morgan fingerprint density at radius 3 is 2.54 bits per heavy atom. The van der Waals surface area contributed by atoms with Crippen molar-refractivity contribution in [3.05, 3.63) is 17.5 Å². The SMILES string of the molecule is Cc1c(C(=O)O)cnn1C1CCN(C(=O)COC2CCCCC2C)CC1. The average Bonchev–Trinajstić information content (AvgIpc) is 3.02. The van der Waals surface area contributed by atoms with Crippen LogP contribution in [0.4, 0.5) is 0 Å². The van der Waals surface area contributed by atoms with Gasteiger partial charge >= 0.3 is 5.97 Å². The molecule has 1 aliphatic heterocycles. The van der Waals surface area contributed by atoms with Gasteiger partial charge in [-0.05, 0) is 38.5 Å². The second kappa shape index (κ2) is 8.20. The standard InChI is InChI=1S/C19H29N3O4/c1-13-5-3-4-6-17(13)26-12-18(23)21-9-7-15(8-10-21)22-14(2)16(11-20-22)19(24)25/h11,13,15,17H,3-10,12H2,1-2H3,(H,24,25). The minimum Gasteiger partial charge on any atom is -0.478 e. The molecule has 1 amide bonds. The summed E-state index contributed by atoms with van der Waals surface area (Å²) in [6, 6.07) is 0.145. The maximum atomic E-state index is 12.5. The topological polar surface area (TPSA) is 84.7 Å². The number of carbonyl (C=O) groups is 2. The van der Waals surface area contributed by atoms with E-state index in [1.165, 1.54) is 25.5 Å². The zero-order chi connectivity index (χ0) is 18.7. The molecule has 1 N–H and O–H groups in total. The molecule has 2 heterocycles. The molecular weight excluding hydrogens is 334 g/mol. The van der Waals surface area contributed by atoms with Crippen molar-refractivity contribution in [3.63, 3.8) is 0 Å². The number of carboxylic acid groups (broad SMARTS) is 1. The number of aromatic nitrogens is 2. The van der Waals surface area contributed by atoms with E-state index in [1.54, 1.807) is 11.6 Å². The number of piperidine rings is 1. The largest absolute Gasteiger partial charge is 0.478 e. The van der Waals surface area contributed by atoms with Crippen LogP contribution in [-0.4, -0.2) is 57.5 Å². The highest BCUT2D eigenvalue weighted by Gasteiger charge is 2.28. The number of carboxylic acids is 1. The van der Waals surface area contributed by atoms with Crippen molar-refractivity contribution in [3.8, 4) is 0 Å². The molecular formula is C19H29N3O4. The van der Waals surface area contributed by atoms with E-state index in [1.807, 2.05) is 4.90 Å². The summed E-state index contributed by atoms with van der Waals surface area (Å²) in [6.45, 7) is 5.48. The molecule has 2 unspecified atom stereocenters. The summed E-state index contributed by atoms with van der Waals surface area (Å²) >= 11 is 0. The molecule has 2 atom stereocenters. The van der Waals surface area contributed by atoms with Crippen LogP contribution in [0.2, 0.25) is 0 Å². The van der Waals surface area contributed by atoms with E-state index in [9.17, 15) is 9.59 Å². The predicted molar refractivity (Wildman–Crippen MR) is 96.1 cm³/mol. The van der Waals surface area contributed by atoms with Gasteiger partial charge < -0.3 is 14.7 Å². The van der Waals surface area contributed by atoms with E-state index in [-0.39, 0.29) is 30.2 Å². The number of aromatic carboxylic acids is 1. The third-order valence-corrected chi connectivity index (χ3v) is 5.89. The highest BCUT2D eigenvalue weighted by Crippen LogP contribution is 2.27. The molecule has 0 bridgehead atoms. The van der Waals surface area contributed by atoms with E-state index in [0.29, 0.717) is 24.7 Å². The molecule has 0 aromatic carbocycles. The van der Waals surface area contributed by atoms with E-state index < -0.39 is 5.97 Å². The van der Waals surface area contributed by atoms with Crippen LogP contribution in [-0.2, 0) is 9.53 Å². The lowest BCUT2D eigenvalue weighted by molar-refractivity contribution is -0.141. The number of carbonyl (C=O) groups excluding carboxylic acids is 1. The smallest absolute Gasteiger partial charge is 0.339 e. The minimum atomic E-state index is -0.949. The van der Waals surface area contributed by atoms with Gasteiger partial charge in [0, 0.05) is 13.1 Å². The van der Waals surface area contributed by atoms with Crippen molar-refractivity contribution < 1.29 is 19.4 Å². The normalized spacial score (nSPS) is 24.6. The van der Waals surface area contributed by atoms with Crippen molar-refractivity contribution >= 4 is 11.9 Å². The molecule has 1 saturated carbocycles. The molecule has 7 nitrogen and oxygen atoms in total. The number of ether oxygens (including phenoxy) is 1. The average molecular weight is 363 g/mol. The van der Waals surface area contributed by atoms with E-state index in [4.69, 9.17) is 9.84 Å². The predicted octanol–water partition coefficient (Wildman–Crippen LogP) is 2.65. The first-order chi connectivity index (χ1) is 12.5. The summed E-state index contributed by atoms with van der Waals surface area (Å²) in [5.41, 5.74) is 0.926. The lowest BCUT2D eigenvalue weighted by Crippen LogP contribution is -2.42. The number of nitrogens with zero attached hydrogens (tertiary/aromatic N) is 3. The van der Waals surface area contributed by atoms with Gasteiger partial charge in [0.2, 0.25) is 5.91 Å². The first-order valence-electron chi connectivity index (χ1n) is 9.64. The number of amides is 1. The van der Waals surface area contributed by atoms with Gasteiger partial charge in [0.25, 0.3) is 0 Å². The van der Waals surface area contributed by atoms with Crippen molar-refractivity contribution in [1.82, 2.24) is 14.7 Å². The van der Waals surface area contributed by atoms with Crippen LogP contribution < -0.4 is 0 Å². The number of likely N-dealkylation sites (tertiary alicyclic amines) is 1. The van der Waals surface area contributed by atoms with Gasteiger partial charge in [-0.2, -0.15) is 5.10 Å². The highest BCUT2D eigenvalue weighted by atomic mass is 16.5. The zero-order valence-corrected chi connectivity index (χ0v) is 15.7. The molecule has 7 heteroatoms. The molecule has 1 aliphatic carbocycles. The molecule has 2 fully saturated rings. The van der Waals surface area contributed by atoms with Crippen molar-refractivity contribution in [2.24, 2.45) is 5.92 Å². The summed E-state index contributed by atoms with van der Waals surface area (Å²) in [4.78, 5) is 25.5. The quantitative estimate of drug-likeness (QED) is 0.869. The number of hydrogen-bond acceptors (Lipinski definition) is 4. The Morgan fingerprint density at radius 1 is 1.23 bits per heavy atom. The van der Waals surface area contributed by atoms with Crippen LogP contribution >= 0.6 is 0 Å². The third-order valence-electron chi connectivity index (χ3n) is 5.89. The molecule has 1 aromatic rings. The molecule has 1 aromatic heterocycles. The summed E-state index contributed by atoms with van der Waals surface area (Å²) in [5.74, 6) is -0.353. The van der Waals surface area contributed by atoms with Crippen LogP contribution in [0.25, 0.3) is 0 Å². The van der Waals surface area contributed by atoms with Crippen molar-refractivity contribution in [2.75, 3.05) is 19.7 Å². The third kappa shape index (κ3) is 4.09. The van der Waals surface area contributed by atoms with Crippen LogP contribution in [0.1, 0.15) is 67.5 Å². The number of rotatable bonds is 5. The van der Waals surface area contributed by atoms with E-state index in [2.05, 4.69) is 12.0 Å². The van der Waals surface area contributed by atoms with E-state index in [0.717, 1.165) is 19.3 Å². The minimum absolute atomic E-state index is 0.0598. The Balaban J connectivity index is 1.48. The summed E-state index contributed by atoms with van der Waals surface area (Å²) in [6.07, 6.45) is 7.89. The Labute approximate surface area is 154 Å². The molecule has 2 aliphatic rings. The second-order valence-corrected chi connectivity index (χ2v) is 7.62. The first-order valence-corrected chi connectivity index (χ1v) is 9.64.